The number of carbonyl (C=O) groups is 2. The molecule has 196 valence electrons. The number of nitrogens with zero attached hydrogens (tertiary/aromatic N) is 2. The number of likely N-dealkylation sites (N-methyl/N-ethyl adjacent to an activating group) is 1. The highest BCUT2D eigenvalue weighted by atomic mass is 35.5. The largest absolute Gasteiger partial charge is 0.355 e. The van der Waals surface area contributed by atoms with E-state index in [1.54, 1.807) is 45.0 Å². The van der Waals surface area contributed by atoms with Gasteiger partial charge in [-0.1, -0.05) is 59.6 Å². The first-order chi connectivity index (χ1) is 17.5. The van der Waals surface area contributed by atoms with Crippen LogP contribution in [0.5, 0.6) is 0 Å². The smallest absolute Gasteiger partial charge is 0.264 e. The van der Waals surface area contributed by atoms with Gasteiger partial charge in [0.25, 0.3) is 10.0 Å². The number of para-hydroxylation sites is 1. The Bertz CT molecular complexity index is 1360. The fourth-order valence-corrected chi connectivity index (χ4v) is 5.61. The van der Waals surface area contributed by atoms with Crippen molar-refractivity contribution in [2.24, 2.45) is 0 Å². The van der Waals surface area contributed by atoms with Gasteiger partial charge >= 0.3 is 0 Å². The summed E-state index contributed by atoms with van der Waals surface area (Å²) in [6, 6.07) is 19.6. The molecule has 0 fully saturated rings. The average molecular weight is 542 g/mol. The number of halogens is 1. The zero-order valence-electron chi connectivity index (χ0n) is 21.4. The Morgan fingerprint density at radius 2 is 1.65 bits per heavy atom. The van der Waals surface area contributed by atoms with Crippen LogP contribution >= 0.6 is 11.6 Å². The third-order valence-corrected chi connectivity index (χ3v) is 8.04. The minimum absolute atomic E-state index is 0.00922. The highest BCUT2D eigenvalue weighted by molar-refractivity contribution is 7.92. The predicted molar refractivity (Wildman–Crippen MR) is 147 cm³/mol. The van der Waals surface area contributed by atoms with E-state index >= 15 is 0 Å². The van der Waals surface area contributed by atoms with E-state index in [4.69, 9.17) is 11.6 Å². The first-order valence-corrected chi connectivity index (χ1v) is 13.8. The number of rotatable bonds is 10. The maximum absolute atomic E-state index is 13.8. The quantitative estimate of drug-likeness (QED) is 0.403. The highest BCUT2D eigenvalue weighted by Gasteiger charge is 2.33. The molecule has 0 saturated carbocycles. The van der Waals surface area contributed by atoms with E-state index < -0.39 is 28.5 Å². The maximum Gasteiger partial charge on any atom is 0.264 e. The number of benzene rings is 3. The number of sulfonamides is 1. The van der Waals surface area contributed by atoms with Gasteiger partial charge in [-0.05, 0) is 69.2 Å². The van der Waals surface area contributed by atoms with Crippen LogP contribution in [-0.4, -0.2) is 44.3 Å². The highest BCUT2D eigenvalue weighted by Crippen LogP contribution is 2.28. The molecule has 0 unspecified atom stereocenters. The van der Waals surface area contributed by atoms with Gasteiger partial charge in [0.15, 0.2) is 0 Å². The van der Waals surface area contributed by atoms with E-state index in [1.165, 1.54) is 29.2 Å². The SMILES string of the molecule is CCNC(=O)[C@@H](C)N(Cc1cccc(C)c1)C(=O)CN(c1ccccc1C)S(=O)(=O)c1ccc(Cl)cc1. The molecule has 3 aromatic carbocycles. The fraction of sp³-hybridized carbons (Fsp3) is 0.286. The van der Waals surface area contributed by atoms with E-state index in [-0.39, 0.29) is 17.3 Å². The number of hydrogen-bond donors (Lipinski definition) is 1. The van der Waals surface area contributed by atoms with E-state index in [2.05, 4.69) is 5.32 Å². The number of carbonyl (C=O) groups excluding carboxylic acids is 2. The van der Waals surface area contributed by atoms with E-state index in [0.29, 0.717) is 22.8 Å². The second-order valence-electron chi connectivity index (χ2n) is 8.83. The summed E-state index contributed by atoms with van der Waals surface area (Å²) in [5.74, 6) is -0.812. The molecule has 0 bridgehead atoms. The summed E-state index contributed by atoms with van der Waals surface area (Å²) >= 11 is 5.98. The molecule has 0 aliphatic rings. The van der Waals surface area contributed by atoms with Crippen molar-refractivity contribution in [3.05, 3.63) is 94.5 Å². The van der Waals surface area contributed by atoms with Gasteiger partial charge in [0.05, 0.1) is 10.6 Å². The Labute approximate surface area is 224 Å². The van der Waals surface area contributed by atoms with Gasteiger partial charge in [-0.2, -0.15) is 0 Å². The van der Waals surface area contributed by atoms with Crippen LogP contribution in [0.2, 0.25) is 5.02 Å². The van der Waals surface area contributed by atoms with Crippen molar-refractivity contribution < 1.29 is 18.0 Å². The Kier molecular flexibility index (Phi) is 9.34. The topological polar surface area (TPSA) is 86.8 Å². The number of nitrogens with one attached hydrogen (secondary N) is 1. The molecule has 0 aliphatic heterocycles. The summed E-state index contributed by atoms with van der Waals surface area (Å²) in [4.78, 5) is 28.0. The van der Waals surface area contributed by atoms with Crippen molar-refractivity contribution in [2.75, 3.05) is 17.4 Å². The molecule has 3 aromatic rings. The van der Waals surface area contributed by atoms with Crippen LogP contribution in [0.1, 0.15) is 30.5 Å². The lowest BCUT2D eigenvalue weighted by molar-refractivity contribution is -0.139. The third-order valence-electron chi connectivity index (χ3n) is 6.02. The molecule has 9 heteroatoms. The molecule has 37 heavy (non-hydrogen) atoms. The molecule has 0 spiro atoms. The van der Waals surface area contributed by atoms with Gasteiger partial charge in [-0.25, -0.2) is 8.42 Å². The second-order valence-corrected chi connectivity index (χ2v) is 11.1. The summed E-state index contributed by atoms with van der Waals surface area (Å²) < 4.78 is 28.7. The van der Waals surface area contributed by atoms with Crippen molar-refractivity contribution in [2.45, 2.75) is 45.2 Å². The fourth-order valence-electron chi connectivity index (χ4n) is 4.00. The Morgan fingerprint density at radius 1 is 0.973 bits per heavy atom. The van der Waals surface area contributed by atoms with Crippen molar-refractivity contribution in [3.8, 4) is 0 Å². The lowest BCUT2D eigenvalue weighted by Crippen LogP contribution is -2.51. The van der Waals surface area contributed by atoms with Crippen molar-refractivity contribution in [3.63, 3.8) is 0 Å². The van der Waals surface area contributed by atoms with Gasteiger partial charge in [0.2, 0.25) is 11.8 Å². The molecule has 1 atom stereocenters. The van der Waals surface area contributed by atoms with Crippen molar-refractivity contribution in [1.29, 1.82) is 0 Å². The average Bonchev–Trinajstić information content (AvgIpc) is 2.86. The van der Waals surface area contributed by atoms with Crippen LogP contribution in [0, 0.1) is 13.8 Å². The van der Waals surface area contributed by atoms with Crippen molar-refractivity contribution in [1.82, 2.24) is 10.2 Å². The number of anilines is 1. The molecule has 0 radical (unpaired) electrons. The maximum atomic E-state index is 13.8. The van der Waals surface area contributed by atoms with Crippen LogP contribution in [0.4, 0.5) is 5.69 Å². The molecule has 0 saturated heterocycles. The van der Waals surface area contributed by atoms with Crippen LogP contribution in [0.3, 0.4) is 0 Å². The zero-order chi connectivity index (χ0) is 27.2. The molecule has 0 aromatic heterocycles. The first kappa shape index (κ1) is 28.2. The lowest BCUT2D eigenvalue weighted by Gasteiger charge is -2.32. The summed E-state index contributed by atoms with van der Waals surface area (Å²) in [5, 5.41) is 3.16. The van der Waals surface area contributed by atoms with Crippen LogP contribution < -0.4 is 9.62 Å². The first-order valence-electron chi connectivity index (χ1n) is 12.0. The molecule has 0 heterocycles. The van der Waals surface area contributed by atoms with Crippen LogP contribution in [-0.2, 0) is 26.2 Å². The third kappa shape index (κ3) is 6.90. The summed E-state index contributed by atoms with van der Waals surface area (Å²) in [7, 11) is -4.13. The predicted octanol–water partition coefficient (Wildman–Crippen LogP) is 4.71. The number of aryl methyl sites for hydroxylation is 2. The molecule has 7 nitrogen and oxygen atoms in total. The van der Waals surface area contributed by atoms with E-state index in [1.807, 2.05) is 31.2 Å². The summed E-state index contributed by atoms with van der Waals surface area (Å²) in [6.45, 7) is 7.26. The summed E-state index contributed by atoms with van der Waals surface area (Å²) in [5.41, 5.74) is 2.93. The van der Waals surface area contributed by atoms with Crippen LogP contribution in [0.25, 0.3) is 0 Å². The van der Waals surface area contributed by atoms with Gasteiger partial charge in [0.1, 0.15) is 12.6 Å². The Balaban J connectivity index is 2.04. The molecule has 0 aliphatic carbocycles. The van der Waals surface area contributed by atoms with Crippen molar-refractivity contribution >= 4 is 39.1 Å². The minimum Gasteiger partial charge on any atom is -0.355 e. The van der Waals surface area contributed by atoms with E-state index in [9.17, 15) is 18.0 Å². The Hall–Kier alpha value is -3.36. The molecule has 1 N–H and O–H groups in total. The standard InChI is InChI=1S/C28H32ClN3O4S/c1-5-30-28(34)22(4)31(18-23-11-8-9-20(2)17-23)27(33)19-32(26-12-7-6-10-21(26)3)37(35,36)25-15-13-24(29)14-16-25/h6-17,22H,5,18-19H2,1-4H3,(H,30,34)/t22-/m1/s1. The molecule has 3 rings (SSSR count). The number of amides is 2. The lowest BCUT2D eigenvalue weighted by atomic mass is 10.1. The second kappa shape index (κ2) is 12.3. The normalized spacial score (nSPS) is 12.0. The van der Waals surface area contributed by atoms with E-state index in [0.717, 1.165) is 15.4 Å². The van der Waals surface area contributed by atoms with Gasteiger partial charge < -0.3 is 10.2 Å². The molecular weight excluding hydrogens is 510 g/mol. The zero-order valence-corrected chi connectivity index (χ0v) is 23.0. The molecular formula is C28H32ClN3O4S. The Morgan fingerprint density at radius 3 is 2.27 bits per heavy atom. The molecule has 2 amide bonds. The van der Waals surface area contributed by atoms with Crippen LogP contribution in [0.15, 0.2) is 77.7 Å². The van der Waals surface area contributed by atoms with Gasteiger partial charge in [-0.15, -0.1) is 0 Å². The monoisotopic (exact) mass is 541 g/mol. The minimum atomic E-state index is -4.13. The van der Waals surface area contributed by atoms with Gasteiger partial charge in [0, 0.05) is 18.1 Å². The van der Waals surface area contributed by atoms with Gasteiger partial charge in [-0.3, -0.25) is 13.9 Å². The summed E-state index contributed by atoms with van der Waals surface area (Å²) in [6.07, 6.45) is 0. The number of hydrogen-bond acceptors (Lipinski definition) is 4.